The number of fused-ring (bicyclic) bond motifs is 1. The number of aliphatic carboxylic acids is 1. The highest BCUT2D eigenvalue weighted by atomic mass is 19.4. The molecule has 1 heterocycles. The van der Waals surface area contributed by atoms with Crippen molar-refractivity contribution in [1.82, 2.24) is 5.32 Å². The van der Waals surface area contributed by atoms with Crippen LogP contribution in [0.1, 0.15) is 30.4 Å². The number of hydrogen-bond acceptors (Lipinski definition) is 4. The molecule has 0 radical (unpaired) electrons. The van der Waals surface area contributed by atoms with Gasteiger partial charge >= 0.3 is 12.1 Å². The maximum atomic E-state index is 12.7. The van der Waals surface area contributed by atoms with Gasteiger partial charge in [-0.05, 0) is 12.5 Å². The summed E-state index contributed by atoms with van der Waals surface area (Å²) in [5.74, 6) is -4.57. The molecule has 0 bridgehead atoms. The summed E-state index contributed by atoms with van der Waals surface area (Å²) in [7, 11) is 0. The molecule has 10 heteroatoms. The molecule has 1 aliphatic rings. The number of benzodiazepines with no additional fused rings is 1. The molecule has 0 spiro atoms. The first kappa shape index (κ1) is 23.0. The van der Waals surface area contributed by atoms with Crippen LogP contribution in [0.2, 0.25) is 0 Å². The Morgan fingerprint density at radius 2 is 1.75 bits per heavy atom. The molecular formula is C22H20F3N3O4. The first-order chi connectivity index (χ1) is 15.1. The van der Waals surface area contributed by atoms with E-state index in [1.54, 1.807) is 54.6 Å². The Hall–Kier alpha value is -3.69. The number of carboxylic acids is 1. The number of hydrogen-bond donors (Lipinski definition) is 3. The van der Waals surface area contributed by atoms with Gasteiger partial charge in [0, 0.05) is 23.5 Å². The second-order valence-corrected chi connectivity index (χ2v) is 7.24. The number of rotatable bonds is 7. The van der Waals surface area contributed by atoms with Crippen LogP contribution in [0.15, 0.2) is 59.6 Å². The number of amides is 2. The second kappa shape index (κ2) is 9.63. The average molecular weight is 447 g/mol. The van der Waals surface area contributed by atoms with Gasteiger partial charge in [0.25, 0.3) is 5.91 Å². The van der Waals surface area contributed by atoms with Crippen LogP contribution < -0.4 is 10.6 Å². The van der Waals surface area contributed by atoms with Gasteiger partial charge in [-0.2, -0.15) is 13.2 Å². The highest BCUT2D eigenvalue weighted by Crippen LogP contribution is 2.27. The number of para-hydroxylation sites is 1. The monoisotopic (exact) mass is 447 g/mol. The molecule has 3 rings (SSSR count). The number of carbonyl (C=O) groups is 3. The van der Waals surface area contributed by atoms with E-state index < -0.39 is 55.3 Å². The lowest BCUT2D eigenvalue weighted by molar-refractivity contribution is -0.148. The van der Waals surface area contributed by atoms with Gasteiger partial charge in [-0.3, -0.25) is 14.4 Å². The van der Waals surface area contributed by atoms with Gasteiger partial charge in [-0.25, -0.2) is 4.99 Å². The smallest absolute Gasteiger partial charge is 0.389 e. The lowest BCUT2D eigenvalue weighted by Crippen LogP contribution is -2.45. The highest BCUT2D eigenvalue weighted by Gasteiger charge is 2.34. The molecule has 3 N–H and O–H groups in total. The summed E-state index contributed by atoms with van der Waals surface area (Å²) in [6, 6.07) is 15.7. The molecule has 7 nitrogen and oxygen atoms in total. The largest absolute Gasteiger partial charge is 0.481 e. The number of aliphatic imine (C=N–C) groups is 1. The Bertz CT molecular complexity index is 1040. The number of anilines is 1. The predicted molar refractivity (Wildman–Crippen MR) is 110 cm³/mol. The molecule has 0 unspecified atom stereocenters. The lowest BCUT2D eigenvalue weighted by atomic mass is 9.98. The quantitative estimate of drug-likeness (QED) is 0.605. The molecule has 1 aliphatic heterocycles. The molecule has 0 aliphatic carbocycles. The van der Waals surface area contributed by atoms with Crippen LogP contribution in [0.3, 0.4) is 0 Å². The molecule has 32 heavy (non-hydrogen) atoms. The third kappa shape index (κ3) is 5.93. The minimum Gasteiger partial charge on any atom is -0.481 e. The Balaban J connectivity index is 1.91. The van der Waals surface area contributed by atoms with Gasteiger partial charge in [-0.1, -0.05) is 48.5 Å². The lowest BCUT2D eigenvalue weighted by Gasteiger charge is -2.19. The van der Waals surface area contributed by atoms with Crippen molar-refractivity contribution in [1.29, 1.82) is 0 Å². The van der Waals surface area contributed by atoms with E-state index in [-0.39, 0.29) is 0 Å². The third-order valence-corrected chi connectivity index (χ3v) is 4.84. The van der Waals surface area contributed by atoms with Gasteiger partial charge in [0.15, 0.2) is 0 Å². The van der Waals surface area contributed by atoms with Crippen molar-refractivity contribution in [2.75, 3.05) is 5.32 Å². The summed E-state index contributed by atoms with van der Waals surface area (Å²) in [5.41, 5.74) is 2.11. The Morgan fingerprint density at radius 3 is 2.41 bits per heavy atom. The normalized spacial score (nSPS) is 16.8. The maximum Gasteiger partial charge on any atom is 0.389 e. The number of carboxylic acid groups (broad SMARTS) is 1. The summed E-state index contributed by atoms with van der Waals surface area (Å²) in [6.07, 6.45) is -8.83. The van der Waals surface area contributed by atoms with E-state index in [9.17, 15) is 27.6 Å². The van der Waals surface area contributed by atoms with Crippen LogP contribution in [0, 0.1) is 5.92 Å². The first-order valence-corrected chi connectivity index (χ1v) is 9.76. The molecule has 0 aromatic heterocycles. The van der Waals surface area contributed by atoms with Crippen LogP contribution in [0.25, 0.3) is 0 Å². The van der Waals surface area contributed by atoms with Gasteiger partial charge in [-0.15, -0.1) is 0 Å². The zero-order valence-electron chi connectivity index (χ0n) is 16.7. The van der Waals surface area contributed by atoms with Gasteiger partial charge in [0.05, 0.1) is 17.8 Å². The Morgan fingerprint density at radius 1 is 1.09 bits per heavy atom. The van der Waals surface area contributed by atoms with Crippen LogP contribution >= 0.6 is 0 Å². The van der Waals surface area contributed by atoms with Gasteiger partial charge in [0.2, 0.25) is 12.1 Å². The van der Waals surface area contributed by atoms with E-state index in [1.165, 1.54) is 0 Å². The zero-order valence-corrected chi connectivity index (χ0v) is 16.7. The molecule has 2 aromatic rings. The van der Waals surface area contributed by atoms with Crippen molar-refractivity contribution in [2.24, 2.45) is 10.9 Å². The van der Waals surface area contributed by atoms with Gasteiger partial charge < -0.3 is 15.7 Å². The fourth-order valence-corrected chi connectivity index (χ4v) is 3.31. The van der Waals surface area contributed by atoms with Gasteiger partial charge in [0.1, 0.15) is 0 Å². The number of benzene rings is 2. The molecule has 2 aromatic carbocycles. The zero-order chi connectivity index (χ0) is 23.3. The second-order valence-electron chi connectivity index (χ2n) is 7.24. The highest BCUT2D eigenvalue weighted by molar-refractivity contribution is 6.19. The molecule has 168 valence electrons. The summed E-state index contributed by atoms with van der Waals surface area (Å²) in [4.78, 5) is 40.8. The average Bonchev–Trinajstić information content (AvgIpc) is 2.87. The van der Waals surface area contributed by atoms with Crippen LogP contribution in [-0.2, 0) is 14.4 Å². The summed E-state index contributed by atoms with van der Waals surface area (Å²) in [6.45, 7) is 0. The molecule has 0 saturated heterocycles. The van der Waals surface area contributed by atoms with E-state index >= 15 is 0 Å². The number of halogens is 3. The third-order valence-electron chi connectivity index (χ3n) is 4.84. The molecule has 2 atom stereocenters. The Labute approximate surface area is 181 Å². The topological polar surface area (TPSA) is 108 Å². The van der Waals surface area contributed by atoms with Crippen molar-refractivity contribution < 1.29 is 32.7 Å². The summed E-state index contributed by atoms with van der Waals surface area (Å²) >= 11 is 0. The van der Waals surface area contributed by atoms with Crippen molar-refractivity contribution in [3.63, 3.8) is 0 Å². The fourth-order valence-electron chi connectivity index (χ4n) is 3.31. The van der Waals surface area contributed by atoms with E-state index in [4.69, 9.17) is 5.11 Å². The number of carbonyl (C=O) groups excluding carboxylic acids is 2. The van der Waals surface area contributed by atoms with Crippen LogP contribution in [0.5, 0.6) is 0 Å². The molecular weight excluding hydrogens is 427 g/mol. The van der Waals surface area contributed by atoms with Crippen molar-refractivity contribution in [3.8, 4) is 0 Å². The SMILES string of the molecule is O=C(O)C[C@@H](CCC(F)(F)F)C(=O)N[C@H]1N=C(c2ccccc2)c2ccccc2NC1=O. The number of alkyl halides is 3. The molecule has 0 saturated carbocycles. The van der Waals surface area contributed by atoms with Crippen LogP contribution in [-0.4, -0.2) is 40.9 Å². The van der Waals surface area contributed by atoms with Crippen molar-refractivity contribution in [3.05, 3.63) is 65.7 Å². The summed E-state index contributed by atoms with van der Waals surface area (Å²) in [5, 5.41) is 14.0. The van der Waals surface area contributed by atoms with E-state index in [0.717, 1.165) is 0 Å². The summed E-state index contributed by atoms with van der Waals surface area (Å²) < 4.78 is 37.8. The first-order valence-electron chi connectivity index (χ1n) is 9.76. The molecule has 2 amide bonds. The van der Waals surface area contributed by atoms with Crippen LogP contribution in [0.4, 0.5) is 18.9 Å². The van der Waals surface area contributed by atoms with E-state index in [1.807, 2.05) is 0 Å². The van der Waals surface area contributed by atoms with Crippen molar-refractivity contribution >= 4 is 29.2 Å². The maximum absolute atomic E-state index is 12.7. The minimum atomic E-state index is -4.54. The predicted octanol–water partition coefficient (Wildman–Crippen LogP) is 3.35. The number of nitrogens with one attached hydrogen (secondary N) is 2. The number of nitrogens with zero attached hydrogens (tertiary/aromatic N) is 1. The fraction of sp³-hybridized carbons (Fsp3) is 0.273. The standard InChI is InChI=1S/C22H20F3N3O4/c23-22(24,25)11-10-14(12-17(29)30)20(31)28-19-21(32)26-16-9-5-4-8-15(16)18(27-19)13-6-2-1-3-7-13/h1-9,14,19H,10-12H2,(H,26,32)(H,28,31)(H,29,30)/t14-,19-/m1/s1. The minimum absolute atomic E-state index is 0.398. The van der Waals surface area contributed by atoms with E-state index in [0.29, 0.717) is 22.5 Å². The Kier molecular flexibility index (Phi) is 6.92. The van der Waals surface area contributed by atoms with Crippen molar-refractivity contribution in [2.45, 2.75) is 31.6 Å². The van der Waals surface area contributed by atoms with E-state index in [2.05, 4.69) is 15.6 Å². The molecule has 0 fully saturated rings.